The van der Waals surface area contributed by atoms with Gasteiger partial charge in [0.15, 0.2) is 5.82 Å². The molecule has 5 fully saturated rings. The summed E-state index contributed by atoms with van der Waals surface area (Å²) in [4.78, 5) is 36.6. The van der Waals surface area contributed by atoms with Crippen LogP contribution >= 0.6 is 15.9 Å². The number of hydrogen-bond donors (Lipinski definition) is 0. The summed E-state index contributed by atoms with van der Waals surface area (Å²) in [7, 11) is 2.10. The number of ether oxygens (including phenoxy) is 3. The van der Waals surface area contributed by atoms with E-state index in [0.717, 1.165) is 48.0 Å². The summed E-state index contributed by atoms with van der Waals surface area (Å²) < 4.78 is 36.4. The first-order chi connectivity index (χ1) is 21.3. The van der Waals surface area contributed by atoms with E-state index in [9.17, 15) is 9.59 Å². The lowest BCUT2D eigenvalue weighted by Gasteiger charge is -2.39. The van der Waals surface area contributed by atoms with E-state index < -0.39 is 11.4 Å². The predicted octanol–water partition coefficient (Wildman–Crippen LogP) is 6.39. The monoisotopic (exact) mass is 685 g/mol. The first-order valence-electron chi connectivity index (χ1n) is 15.9. The van der Waals surface area contributed by atoms with Gasteiger partial charge in [-0.1, -0.05) is 0 Å². The molecule has 10 nitrogen and oxygen atoms in total. The summed E-state index contributed by atoms with van der Waals surface area (Å²) in [5.74, 6) is 0.119. The molecule has 2 amide bonds. The highest BCUT2D eigenvalue weighted by Gasteiger charge is 2.56. The summed E-state index contributed by atoms with van der Waals surface area (Å²) in [5.41, 5.74) is 2.05. The van der Waals surface area contributed by atoms with Crippen LogP contribution in [0.5, 0.6) is 5.88 Å². The van der Waals surface area contributed by atoms with Crippen LogP contribution in [0.25, 0.3) is 21.8 Å². The van der Waals surface area contributed by atoms with Gasteiger partial charge in [-0.15, -0.1) is 0 Å². The van der Waals surface area contributed by atoms with E-state index >= 15 is 4.39 Å². The average Bonchev–Trinajstić information content (AvgIpc) is 3.78. The number of carbonyl (C=O) groups is 2. The van der Waals surface area contributed by atoms with Crippen molar-refractivity contribution in [3.63, 3.8) is 0 Å². The smallest absolute Gasteiger partial charge is 0.410 e. The van der Waals surface area contributed by atoms with Crippen LogP contribution in [0.1, 0.15) is 64.3 Å². The highest BCUT2D eigenvalue weighted by atomic mass is 79.9. The molecule has 1 aromatic carbocycles. The van der Waals surface area contributed by atoms with Crippen molar-refractivity contribution < 1.29 is 28.2 Å². The maximum atomic E-state index is 16.1. The molecule has 12 heteroatoms. The fourth-order valence-corrected chi connectivity index (χ4v) is 8.12. The minimum Gasteiger partial charge on any atom is -0.472 e. The molecule has 45 heavy (non-hydrogen) atoms. The lowest BCUT2D eigenvalue weighted by Crippen LogP contribution is -2.44. The maximum absolute atomic E-state index is 16.1. The maximum Gasteiger partial charge on any atom is 0.410 e. The van der Waals surface area contributed by atoms with Gasteiger partial charge in [-0.25, -0.2) is 19.0 Å². The molecule has 8 rings (SSSR count). The van der Waals surface area contributed by atoms with Crippen molar-refractivity contribution in [1.29, 1.82) is 0 Å². The van der Waals surface area contributed by atoms with E-state index in [0.29, 0.717) is 42.0 Å². The van der Waals surface area contributed by atoms with Gasteiger partial charge >= 0.3 is 12.2 Å². The van der Waals surface area contributed by atoms with Gasteiger partial charge in [-0.3, -0.25) is 9.80 Å². The van der Waals surface area contributed by atoms with Crippen LogP contribution in [-0.2, 0) is 16.0 Å². The number of likely N-dealkylation sites (tertiary alicyclic amines) is 1. The Balaban J connectivity index is 1.41. The summed E-state index contributed by atoms with van der Waals surface area (Å²) in [6.45, 7) is 12.2. The molecule has 6 heterocycles. The number of likely N-dealkylation sites (N-methyl/N-ethyl adjacent to an activating group) is 1. The Labute approximate surface area is 270 Å². The van der Waals surface area contributed by atoms with Gasteiger partial charge in [0.05, 0.1) is 40.5 Å². The largest absolute Gasteiger partial charge is 0.472 e. The lowest BCUT2D eigenvalue weighted by atomic mass is 9.79. The number of amides is 2. The van der Waals surface area contributed by atoms with E-state index in [-0.39, 0.29) is 47.9 Å². The molecule has 5 atom stereocenters. The zero-order valence-corrected chi connectivity index (χ0v) is 28.3. The van der Waals surface area contributed by atoms with Crippen LogP contribution in [0.2, 0.25) is 0 Å². The molecular weight excluding hydrogens is 645 g/mol. The van der Waals surface area contributed by atoms with Gasteiger partial charge < -0.3 is 23.7 Å². The molecule has 0 spiro atoms. The van der Waals surface area contributed by atoms with Crippen LogP contribution in [0, 0.1) is 18.7 Å². The van der Waals surface area contributed by atoms with Crippen molar-refractivity contribution in [3.8, 4) is 5.88 Å². The van der Waals surface area contributed by atoms with Crippen LogP contribution in [0.4, 0.5) is 14.0 Å². The highest BCUT2D eigenvalue weighted by molar-refractivity contribution is 9.10. The molecule has 3 aromatic rings. The van der Waals surface area contributed by atoms with Crippen molar-refractivity contribution in [2.75, 3.05) is 33.3 Å². The van der Waals surface area contributed by atoms with E-state index in [4.69, 9.17) is 19.2 Å². The van der Waals surface area contributed by atoms with Gasteiger partial charge in [0, 0.05) is 29.6 Å². The molecule has 0 unspecified atom stereocenters. The average molecular weight is 687 g/mol. The zero-order valence-electron chi connectivity index (χ0n) is 26.7. The zero-order chi connectivity index (χ0) is 31.9. The quantitative estimate of drug-likeness (QED) is 0.297. The fraction of sp³-hybridized carbons (Fsp3) is 0.606. The first kappa shape index (κ1) is 30.5. The number of fused-ring (bicyclic) bond motifs is 4. The Bertz CT molecular complexity index is 1700. The fourth-order valence-electron chi connectivity index (χ4n) is 7.81. The van der Waals surface area contributed by atoms with Gasteiger partial charge in [0.2, 0.25) is 5.88 Å². The third kappa shape index (κ3) is 5.12. The van der Waals surface area contributed by atoms with E-state index in [1.165, 1.54) is 0 Å². The Morgan fingerprint density at radius 2 is 2.02 bits per heavy atom. The number of cyclic esters (lactones) is 1. The summed E-state index contributed by atoms with van der Waals surface area (Å²) >= 11 is 3.44. The Morgan fingerprint density at radius 1 is 1.24 bits per heavy atom. The number of rotatable bonds is 6. The number of benzene rings is 1. The molecule has 2 bridgehead atoms. The topological polar surface area (TPSA) is 89.4 Å². The summed E-state index contributed by atoms with van der Waals surface area (Å²) in [6.07, 6.45) is 2.11. The van der Waals surface area contributed by atoms with Gasteiger partial charge in [-0.2, -0.15) is 0 Å². The van der Waals surface area contributed by atoms with E-state index in [1.807, 2.05) is 44.7 Å². The molecule has 0 N–H and O–H groups in total. The van der Waals surface area contributed by atoms with Gasteiger partial charge in [0.25, 0.3) is 0 Å². The molecular formula is C33H41BrFN5O5. The summed E-state index contributed by atoms with van der Waals surface area (Å²) in [6, 6.07) is 4.06. The van der Waals surface area contributed by atoms with Crippen molar-refractivity contribution in [2.24, 2.45) is 5.92 Å². The minimum absolute atomic E-state index is 0.0764. The van der Waals surface area contributed by atoms with Crippen molar-refractivity contribution in [3.05, 3.63) is 33.7 Å². The van der Waals surface area contributed by atoms with Gasteiger partial charge in [-0.05, 0) is 101 Å². The second-order valence-corrected chi connectivity index (χ2v) is 14.9. The number of hydrogen-bond acceptors (Lipinski definition) is 7. The second-order valence-electron chi connectivity index (χ2n) is 14.1. The summed E-state index contributed by atoms with van der Waals surface area (Å²) in [5, 5.41) is 1.44. The SMILES string of the molecule is Cc1cc2c(nc(O[C@@H](C)[C@@H]3CCCN3C)c3cc(CN4CCOC4=O)n([C@H]4[C@@H]5C[C@H]4N(C(=O)OC(C)(C)C)C5)c32)c(F)c1Br. The number of aryl methyl sites for hydroxylation is 1. The number of halogens is 2. The molecule has 0 radical (unpaired) electrons. The first-order valence-corrected chi connectivity index (χ1v) is 16.7. The van der Waals surface area contributed by atoms with Crippen LogP contribution < -0.4 is 4.74 Å². The van der Waals surface area contributed by atoms with E-state index in [1.54, 1.807) is 4.90 Å². The Kier molecular flexibility index (Phi) is 7.46. The third-order valence-electron chi connectivity index (χ3n) is 9.97. The molecule has 5 aliphatic rings. The molecule has 4 aliphatic heterocycles. The second kappa shape index (κ2) is 11.0. The predicted molar refractivity (Wildman–Crippen MR) is 171 cm³/mol. The molecule has 1 saturated carbocycles. The number of pyridine rings is 1. The van der Waals surface area contributed by atoms with E-state index in [2.05, 4.69) is 39.4 Å². The minimum atomic E-state index is -0.610. The highest BCUT2D eigenvalue weighted by Crippen LogP contribution is 2.53. The standard InChI is InChI=1S/C33H41BrFN5O5/c1-17-12-21-27(26(35)25(17)34)36-30(44-18(2)23-8-7-9-37(23)6)22-14-20(16-38-10-11-43-31(38)41)40(29(21)22)28-19-13-24(28)39(15-19)32(42)45-33(3,4)5/h12,14,18-19,23-24,28H,7-11,13,15-16H2,1-6H3/t18-,19+,23-,24+,28-/m0/s1. The Morgan fingerprint density at radius 3 is 2.69 bits per heavy atom. The number of carbonyl (C=O) groups excluding carboxylic acids is 2. The molecule has 4 saturated heterocycles. The molecule has 1 aliphatic carbocycles. The van der Waals surface area contributed by atoms with Crippen LogP contribution in [-0.4, -0.2) is 93.5 Å². The van der Waals surface area contributed by atoms with Crippen LogP contribution in [0.3, 0.4) is 0 Å². The molecule has 242 valence electrons. The van der Waals surface area contributed by atoms with Crippen molar-refractivity contribution in [2.45, 2.75) is 90.3 Å². The Hall–Kier alpha value is -3.12. The number of nitrogens with zero attached hydrogens (tertiary/aromatic N) is 5. The normalized spacial score (nSPS) is 25.7. The van der Waals surface area contributed by atoms with Gasteiger partial charge in [0.1, 0.15) is 23.8 Å². The van der Waals surface area contributed by atoms with Crippen molar-refractivity contribution in [1.82, 2.24) is 24.3 Å². The van der Waals surface area contributed by atoms with Crippen LogP contribution in [0.15, 0.2) is 16.6 Å². The molecule has 2 aromatic heterocycles. The lowest BCUT2D eigenvalue weighted by molar-refractivity contribution is 0.0209. The number of aromatic nitrogens is 2. The van der Waals surface area contributed by atoms with Crippen molar-refractivity contribution >= 4 is 49.9 Å². The third-order valence-corrected chi connectivity index (χ3v) is 10.9.